The van der Waals surface area contributed by atoms with Gasteiger partial charge in [0.1, 0.15) is 0 Å². The average Bonchev–Trinajstić information content (AvgIpc) is 2.39. The number of rotatable bonds is 10. The van der Waals surface area contributed by atoms with Gasteiger partial charge in [0.15, 0.2) is 0 Å². The van der Waals surface area contributed by atoms with Gasteiger partial charge in [-0.25, -0.2) is 0 Å². The maximum Gasteiger partial charge on any atom is 0.0370 e. The van der Waals surface area contributed by atoms with E-state index in [4.69, 9.17) is 0 Å². The summed E-state index contributed by atoms with van der Waals surface area (Å²) in [5.41, 5.74) is 2.65. The normalized spacial score (nSPS) is 10.7. The summed E-state index contributed by atoms with van der Waals surface area (Å²) in [6, 6.07) is 6.60. The van der Waals surface area contributed by atoms with Crippen molar-refractivity contribution in [2.24, 2.45) is 0 Å². The molecule has 1 N–H and O–H groups in total. The molecule has 0 unspecified atom stereocenters. The first kappa shape index (κ1) is 16.8. The highest BCUT2D eigenvalue weighted by Gasteiger charge is 1.98. The molecule has 19 heavy (non-hydrogen) atoms. The number of unbranched alkanes of at least 4 members (excludes halogenated alkanes) is 7. The van der Waals surface area contributed by atoms with E-state index in [1.807, 2.05) is 0 Å². The van der Waals surface area contributed by atoms with Gasteiger partial charge in [-0.3, -0.25) is 0 Å². The Kier molecular flexibility index (Phi) is 9.31. The van der Waals surface area contributed by atoms with Crippen molar-refractivity contribution in [3.8, 4) is 0 Å². The maximum atomic E-state index is 3.55. The van der Waals surface area contributed by atoms with Crippen LogP contribution in [0.3, 0.4) is 0 Å². The van der Waals surface area contributed by atoms with Crippen molar-refractivity contribution in [3.05, 3.63) is 27.3 Å². The quantitative estimate of drug-likeness (QED) is 0.383. The van der Waals surface area contributed by atoms with Gasteiger partial charge in [0.2, 0.25) is 0 Å². The molecule has 1 aromatic carbocycles. The van der Waals surface area contributed by atoms with Crippen LogP contribution in [0.4, 0.5) is 5.69 Å². The molecule has 0 saturated carbocycles. The van der Waals surface area contributed by atoms with E-state index in [2.05, 4.69) is 60.0 Å². The van der Waals surface area contributed by atoms with Gasteiger partial charge >= 0.3 is 0 Å². The number of anilines is 1. The van der Waals surface area contributed by atoms with E-state index < -0.39 is 0 Å². The minimum absolute atomic E-state index is 1.11. The van der Waals surface area contributed by atoms with Crippen LogP contribution in [-0.2, 0) is 0 Å². The minimum atomic E-state index is 1.11. The zero-order valence-corrected chi connectivity index (χ0v) is 14.6. The molecule has 0 atom stereocenters. The van der Waals surface area contributed by atoms with Crippen molar-refractivity contribution in [2.75, 3.05) is 11.9 Å². The predicted molar refractivity (Wildman–Crippen MR) is 95.0 cm³/mol. The number of halogens is 1. The van der Waals surface area contributed by atoms with Crippen LogP contribution in [0.1, 0.15) is 63.9 Å². The highest BCUT2D eigenvalue weighted by molar-refractivity contribution is 14.1. The summed E-state index contributed by atoms with van der Waals surface area (Å²) in [5, 5.41) is 3.55. The van der Waals surface area contributed by atoms with Gasteiger partial charge in [0, 0.05) is 15.8 Å². The molecule has 1 rings (SSSR count). The van der Waals surface area contributed by atoms with Crippen LogP contribution >= 0.6 is 22.6 Å². The third kappa shape index (κ3) is 7.81. The smallest absolute Gasteiger partial charge is 0.0370 e. The second kappa shape index (κ2) is 10.5. The summed E-state index contributed by atoms with van der Waals surface area (Å²) in [4.78, 5) is 0. The average molecular weight is 373 g/mol. The lowest BCUT2D eigenvalue weighted by Crippen LogP contribution is -2.03. The molecule has 0 saturated heterocycles. The van der Waals surface area contributed by atoms with Crippen molar-refractivity contribution in [1.82, 2.24) is 0 Å². The van der Waals surface area contributed by atoms with Gasteiger partial charge < -0.3 is 5.32 Å². The molecule has 0 heterocycles. The van der Waals surface area contributed by atoms with E-state index in [-0.39, 0.29) is 0 Å². The molecule has 0 spiro atoms. The lowest BCUT2D eigenvalue weighted by Gasteiger charge is -2.09. The summed E-state index contributed by atoms with van der Waals surface area (Å²) in [6.07, 6.45) is 11.1. The Morgan fingerprint density at radius 2 is 1.58 bits per heavy atom. The number of hydrogen-bond acceptors (Lipinski definition) is 1. The summed E-state index contributed by atoms with van der Waals surface area (Å²) in [7, 11) is 0. The summed E-state index contributed by atoms with van der Waals surface area (Å²) in [6.45, 7) is 5.56. The van der Waals surface area contributed by atoms with Crippen molar-refractivity contribution < 1.29 is 0 Å². The number of aryl methyl sites for hydroxylation is 1. The third-order valence-electron chi connectivity index (χ3n) is 3.53. The zero-order valence-electron chi connectivity index (χ0n) is 12.5. The molecule has 0 amide bonds. The molecule has 108 valence electrons. The van der Waals surface area contributed by atoms with E-state index in [1.165, 1.54) is 66.2 Å². The van der Waals surface area contributed by atoms with Crippen LogP contribution in [0.5, 0.6) is 0 Å². The van der Waals surface area contributed by atoms with Crippen molar-refractivity contribution in [1.29, 1.82) is 0 Å². The number of hydrogen-bond donors (Lipinski definition) is 1. The largest absolute Gasteiger partial charge is 0.385 e. The molecule has 0 fully saturated rings. The summed E-state index contributed by atoms with van der Waals surface area (Å²) >= 11 is 2.36. The fourth-order valence-electron chi connectivity index (χ4n) is 2.31. The molecule has 0 aromatic heterocycles. The van der Waals surface area contributed by atoms with E-state index in [9.17, 15) is 0 Å². The van der Waals surface area contributed by atoms with Gasteiger partial charge in [-0.1, -0.05) is 51.9 Å². The molecule has 2 heteroatoms. The molecule has 0 aliphatic carbocycles. The maximum absolute atomic E-state index is 3.55. The van der Waals surface area contributed by atoms with Crippen LogP contribution in [0, 0.1) is 10.5 Å². The van der Waals surface area contributed by atoms with Gasteiger partial charge in [-0.2, -0.15) is 0 Å². The summed E-state index contributed by atoms with van der Waals surface area (Å²) < 4.78 is 1.31. The predicted octanol–water partition coefficient (Wildman–Crippen LogP) is 6.15. The van der Waals surface area contributed by atoms with Gasteiger partial charge in [-0.15, -0.1) is 0 Å². The lowest BCUT2D eigenvalue weighted by molar-refractivity contribution is 0.581. The Morgan fingerprint density at radius 3 is 2.21 bits per heavy atom. The van der Waals surface area contributed by atoms with Crippen molar-refractivity contribution >= 4 is 28.3 Å². The van der Waals surface area contributed by atoms with Crippen LogP contribution in [0.2, 0.25) is 0 Å². The fraction of sp³-hybridized carbons (Fsp3) is 0.647. The van der Waals surface area contributed by atoms with Crippen LogP contribution in [-0.4, -0.2) is 6.54 Å². The first-order chi connectivity index (χ1) is 9.24. The molecule has 0 aliphatic heterocycles. The molecule has 1 aromatic rings. The topological polar surface area (TPSA) is 12.0 Å². The van der Waals surface area contributed by atoms with Crippen LogP contribution < -0.4 is 5.32 Å². The molecular weight excluding hydrogens is 345 g/mol. The van der Waals surface area contributed by atoms with Crippen LogP contribution in [0.25, 0.3) is 0 Å². The van der Waals surface area contributed by atoms with E-state index in [0.29, 0.717) is 0 Å². The first-order valence-corrected chi connectivity index (χ1v) is 8.82. The highest BCUT2D eigenvalue weighted by Crippen LogP contribution is 2.17. The monoisotopic (exact) mass is 373 g/mol. The Hall–Kier alpha value is -0.250. The molecule has 0 aliphatic rings. The minimum Gasteiger partial charge on any atom is -0.385 e. The zero-order chi connectivity index (χ0) is 13.9. The Balaban J connectivity index is 2.01. The second-order valence-electron chi connectivity index (χ2n) is 5.36. The molecule has 1 nitrogen and oxygen atoms in total. The third-order valence-corrected chi connectivity index (χ3v) is 4.21. The second-order valence-corrected chi connectivity index (χ2v) is 6.61. The number of benzene rings is 1. The standard InChI is InChI=1S/C17H28IN/c1-3-4-5-6-7-8-9-10-13-19-17-12-11-16(18)14-15(17)2/h11-12,14,19H,3-10,13H2,1-2H3. The molecule has 0 radical (unpaired) electrons. The van der Waals surface area contributed by atoms with E-state index in [0.717, 1.165) is 6.54 Å². The Labute approximate surface area is 132 Å². The molecular formula is C17H28IN. The van der Waals surface area contributed by atoms with Gasteiger partial charge in [-0.05, 0) is 59.7 Å². The van der Waals surface area contributed by atoms with Crippen molar-refractivity contribution in [2.45, 2.75) is 65.2 Å². The van der Waals surface area contributed by atoms with Gasteiger partial charge in [0.05, 0.1) is 0 Å². The van der Waals surface area contributed by atoms with E-state index in [1.54, 1.807) is 0 Å². The molecule has 0 bridgehead atoms. The van der Waals surface area contributed by atoms with Crippen molar-refractivity contribution in [3.63, 3.8) is 0 Å². The Bertz CT molecular complexity index is 349. The SMILES string of the molecule is CCCCCCCCCCNc1ccc(I)cc1C. The van der Waals surface area contributed by atoms with E-state index >= 15 is 0 Å². The fourth-order valence-corrected chi connectivity index (χ4v) is 2.95. The summed E-state index contributed by atoms with van der Waals surface area (Å²) in [5.74, 6) is 0. The Morgan fingerprint density at radius 1 is 0.947 bits per heavy atom. The van der Waals surface area contributed by atoms with Crippen LogP contribution in [0.15, 0.2) is 18.2 Å². The lowest BCUT2D eigenvalue weighted by atomic mass is 10.1. The van der Waals surface area contributed by atoms with Gasteiger partial charge in [0.25, 0.3) is 0 Å². The highest BCUT2D eigenvalue weighted by atomic mass is 127. The number of nitrogens with one attached hydrogen (secondary N) is 1. The first-order valence-electron chi connectivity index (χ1n) is 7.74.